The van der Waals surface area contributed by atoms with Crippen molar-refractivity contribution in [2.45, 2.75) is 26.2 Å². The van der Waals surface area contributed by atoms with Crippen LogP contribution in [0.1, 0.15) is 25.0 Å². The largest absolute Gasteiger partial charge is 0.360 e. The predicted octanol–water partition coefficient (Wildman–Crippen LogP) is 1.35. The van der Waals surface area contributed by atoms with Crippen molar-refractivity contribution in [1.82, 2.24) is 9.97 Å². The van der Waals surface area contributed by atoms with Gasteiger partial charge in [-0.3, -0.25) is 0 Å². The first kappa shape index (κ1) is 11.9. The maximum Gasteiger partial charge on any atom is 0.131 e. The zero-order valence-corrected chi connectivity index (χ0v) is 9.61. The Morgan fingerprint density at radius 1 is 1.27 bits per heavy atom. The second kappa shape index (κ2) is 6.35. The van der Waals surface area contributed by atoms with Crippen LogP contribution < -0.4 is 10.6 Å². The monoisotopic (exact) mass is 208 g/mol. The maximum atomic E-state index is 5.44. The Bertz CT molecular complexity index is 288. The van der Waals surface area contributed by atoms with E-state index in [4.69, 9.17) is 5.73 Å². The summed E-state index contributed by atoms with van der Waals surface area (Å²) in [5, 5.41) is 0. The molecule has 0 aliphatic heterocycles. The van der Waals surface area contributed by atoms with Gasteiger partial charge in [0.05, 0.1) is 0 Å². The van der Waals surface area contributed by atoms with Crippen molar-refractivity contribution in [3.05, 3.63) is 18.1 Å². The molecule has 0 atom stereocenters. The molecule has 1 aromatic rings. The number of hydrogen-bond donors (Lipinski definition) is 1. The van der Waals surface area contributed by atoms with Gasteiger partial charge in [0.1, 0.15) is 12.1 Å². The molecule has 0 fully saturated rings. The lowest BCUT2D eigenvalue weighted by Crippen LogP contribution is -2.20. The van der Waals surface area contributed by atoms with E-state index in [0.717, 1.165) is 37.4 Å². The highest BCUT2D eigenvalue weighted by Crippen LogP contribution is 2.09. The highest BCUT2D eigenvalue weighted by molar-refractivity contribution is 5.37. The molecule has 15 heavy (non-hydrogen) atoms. The molecule has 4 nitrogen and oxygen atoms in total. The lowest BCUT2D eigenvalue weighted by Gasteiger charge is -2.17. The minimum absolute atomic E-state index is 0.788. The molecular formula is C11H20N4. The van der Waals surface area contributed by atoms with Gasteiger partial charge in [-0.05, 0) is 26.3 Å². The Kier molecular flexibility index (Phi) is 5.04. The molecule has 0 aliphatic carbocycles. The van der Waals surface area contributed by atoms with Crippen molar-refractivity contribution in [2.75, 3.05) is 25.0 Å². The van der Waals surface area contributed by atoms with E-state index < -0.39 is 0 Å². The summed E-state index contributed by atoms with van der Waals surface area (Å²) in [6.07, 6.45) is 5.07. The van der Waals surface area contributed by atoms with Crippen molar-refractivity contribution in [2.24, 2.45) is 5.73 Å². The van der Waals surface area contributed by atoms with Gasteiger partial charge in [-0.1, -0.05) is 6.42 Å². The Labute approximate surface area is 91.5 Å². The zero-order valence-electron chi connectivity index (χ0n) is 9.61. The number of aryl methyl sites for hydroxylation is 1. The summed E-state index contributed by atoms with van der Waals surface area (Å²) < 4.78 is 0. The normalized spacial score (nSPS) is 10.3. The van der Waals surface area contributed by atoms with Crippen LogP contribution >= 0.6 is 0 Å². The number of rotatable bonds is 6. The second-order valence-electron chi connectivity index (χ2n) is 3.79. The average Bonchev–Trinajstić information content (AvgIpc) is 2.24. The summed E-state index contributed by atoms with van der Waals surface area (Å²) in [5.74, 6) is 0.996. The molecule has 1 heterocycles. The fourth-order valence-electron chi connectivity index (χ4n) is 1.43. The van der Waals surface area contributed by atoms with E-state index in [1.165, 1.54) is 6.42 Å². The van der Waals surface area contributed by atoms with Gasteiger partial charge in [0.25, 0.3) is 0 Å². The minimum atomic E-state index is 0.788. The van der Waals surface area contributed by atoms with Crippen molar-refractivity contribution in [3.63, 3.8) is 0 Å². The van der Waals surface area contributed by atoms with Gasteiger partial charge in [-0.25, -0.2) is 9.97 Å². The van der Waals surface area contributed by atoms with E-state index >= 15 is 0 Å². The molecule has 2 N–H and O–H groups in total. The van der Waals surface area contributed by atoms with Gasteiger partial charge in [-0.2, -0.15) is 0 Å². The topological polar surface area (TPSA) is 55.0 Å². The summed E-state index contributed by atoms with van der Waals surface area (Å²) >= 11 is 0. The molecule has 0 amide bonds. The lowest BCUT2D eigenvalue weighted by atomic mass is 10.2. The minimum Gasteiger partial charge on any atom is -0.360 e. The summed E-state index contributed by atoms with van der Waals surface area (Å²) in [6, 6.07) is 2.00. The first-order chi connectivity index (χ1) is 7.24. The molecule has 4 heteroatoms. The molecule has 0 aliphatic rings. The first-order valence-electron chi connectivity index (χ1n) is 5.44. The number of nitrogens with two attached hydrogens (primary N) is 1. The first-order valence-corrected chi connectivity index (χ1v) is 5.44. The smallest absolute Gasteiger partial charge is 0.131 e. The van der Waals surface area contributed by atoms with Crippen molar-refractivity contribution in [1.29, 1.82) is 0 Å². The SMILES string of the molecule is Cc1cc(N(C)CCCCCN)ncn1. The van der Waals surface area contributed by atoms with Crippen LogP contribution in [0.3, 0.4) is 0 Å². The molecule has 0 saturated heterocycles. The molecular weight excluding hydrogens is 188 g/mol. The summed E-state index contributed by atoms with van der Waals surface area (Å²) in [5.41, 5.74) is 6.45. The second-order valence-corrected chi connectivity index (χ2v) is 3.79. The molecule has 0 bridgehead atoms. The summed E-state index contributed by atoms with van der Waals surface area (Å²) in [6.45, 7) is 3.79. The molecule has 1 rings (SSSR count). The van der Waals surface area contributed by atoms with E-state index in [2.05, 4.69) is 21.9 Å². The number of nitrogens with zero attached hydrogens (tertiary/aromatic N) is 3. The number of anilines is 1. The number of unbranched alkanes of at least 4 members (excludes halogenated alkanes) is 2. The predicted molar refractivity (Wildman–Crippen MR) is 62.9 cm³/mol. The van der Waals surface area contributed by atoms with E-state index in [-0.39, 0.29) is 0 Å². The van der Waals surface area contributed by atoms with Gasteiger partial charge in [-0.15, -0.1) is 0 Å². The highest BCUT2D eigenvalue weighted by atomic mass is 15.2. The van der Waals surface area contributed by atoms with Crippen LogP contribution in [-0.4, -0.2) is 30.1 Å². The van der Waals surface area contributed by atoms with Crippen LogP contribution in [-0.2, 0) is 0 Å². The fourth-order valence-corrected chi connectivity index (χ4v) is 1.43. The Balaban J connectivity index is 2.36. The third kappa shape index (κ3) is 4.25. The van der Waals surface area contributed by atoms with Crippen molar-refractivity contribution in [3.8, 4) is 0 Å². The van der Waals surface area contributed by atoms with Gasteiger partial charge in [0.15, 0.2) is 0 Å². The number of hydrogen-bond acceptors (Lipinski definition) is 4. The van der Waals surface area contributed by atoms with Crippen LogP contribution in [0.5, 0.6) is 0 Å². The van der Waals surface area contributed by atoms with Crippen molar-refractivity contribution < 1.29 is 0 Å². The Morgan fingerprint density at radius 2 is 2.07 bits per heavy atom. The van der Waals surface area contributed by atoms with Gasteiger partial charge >= 0.3 is 0 Å². The van der Waals surface area contributed by atoms with E-state index in [1.54, 1.807) is 6.33 Å². The Morgan fingerprint density at radius 3 is 2.73 bits per heavy atom. The van der Waals surface area contributed by atoms with Crippen LogP contribution in [0.25, 0.3) is 0 Å². The summed E-state index contributed by atoms with van der Waals surface area (Å²) in [4.78, 5) is 10.5. The fraction of sp³-hybridized carbons (Fsp3) is 0.636. The lowest BCUT2D eigenvalue weighted by molar-refractivity contribution is 0.675. The average molecular weight is 208 g/mol. The van der Waals surface area contributed by atoms with Crippen LogP contribution in [0.2, 0.25) is 0 Å². The van der Waals surface area contributed by atoms with Gasteiger partial charge < -0.3 is 10.6 Å². The molecule has 84 valence electrons. The van der Waals surface area contributed by atoms with Crippen LogP contribution in [0, 0.1) is 6.92 Å². The maximum absolute atomic E-state index is 5.44. The Hall–Kier alpha value is -1.16. The van der Waals surface area contributed by atoms with E-state index in [1.807, 2.05) is 13.0 Å². The molecule has 0 unspecified atom stereocenters. The van der Waals surface area contributed by atoms with Gasteiger partial charge in [0, 0.05) is 25.4 Å². The van der Waals surface area contributed by atoms with Crippen molar-refractivity contribution >= 4 is 5.82 Å². The summed E-state index contributed by atoms with van der Waals surface area (Å²) in [7, 11) is 2.06. The molecule has 0 radical (unpaired) electrons. The van der Waals surface area contributed by atoms with Gasteiger partial charge in [0.2, 0.25) is 0 Å². The molecule has 0 saturated carbocycles. The quantitative estimate of drug-likeness (QED) is 0.717. The van der Waals surface area contributed by atoms with E-state index in [9.17, 15) is 0 Å². The van der Waals surface area contributed by atoms with Crippen LogP contribution in [0.4, 0.5) is 5.82 Å². The highest BCUT2D eigenvalue weighted by Gasteiger charge is 2.01. The zero-order chi connectivity index (χ0) is 11.1. The molecule has 1 aromatic heterocycles. The third-order valence-corrected chi connectivity index (χ3v) is 2.38. The molecule has 0 aromatic carbocycles. The molecule has 0 spiro atoms. The standard InChI is InChI=1S/C11H20N4/c1-10-8-11(14-9-13-10)15(2)7-5-3-4-6-12/h8-9H,3-7,12H2,1-2H3. The van der Waals surface area contributed by atoms with Crippen LogP contribution in [0.15, 0.2) is 12.4 Å². The van der Waals surface area contributed by atoms with E-state index in [0.29, 0.717) is 0 Å². The number of aromatic nitrogens is 2. The third-order valence-electron chi connectivity index (χ3n) is 2.38.